The van der Waals surface area contributed by atoms with E-state index in [4.69, 9.17) is 9.47 Å². The van der Waals surface area contributed by atoms with Gasteiger partial charge in [-0.2, -0.15) is 0 Å². The van der Waals surface area contributed by atoms with Gasteiger partial charge in [0.05, 0.1) is 0 Å². The lowest BCUT2D eigenvalue weighted by molar-refractivity contribution is -0.149. The maximum absolute atomic E-state index is 13.7. The second-order valence-corrected chi connectivity index (χ2v) is 13.2. The van der Waals surface area contributed by atoms with E-state index in [1.807, 2.05) is 119 Å². The Balaban J connectivity index is 1.66. The van der Waals surface area contributed by atoms with Gasteiger partial charge in [0, 0.05) is 6.42 Å². The van der Waals surface area contributed by atoms with E-state index >= 15 is 0 Å². The van der Waals surface area contributed by atoms with Crippen molar-refractivity contribution < 1.29 is 33.4 Å². The summed E-state index contributed by atoms with van der Waals surface area (Å²) in [5.74, 6) is -2.22. The fourth-order valence-electron chi connectivity index (χ4n) is 5.13. The van der Waals surface area contributed by atoms with E-state index in [1.54, 1.807) is 0 Å². The minimum atomic E-state index is -1.05. The first-order valence-electron chi connectivity index (χ1n) is 17.0. The summed E-state index contributed by atoms with van der Waals surface area (Å²) >= 11 is 0. The van der Waals surface area contributed by atoms with Crippen molar-refractivity contribution in [1.29, 1.82) is 0 Å². The predicted octanol–water partition coefficient (Wildman–Crippen LogP) is 4.83. The van der Waals surface area contributed by atoms with Crippen LogP contribution in [0.4, 0.5) is 4.79 Å². The molecule has 0 unspecified atom stereocenters. The number of nitrogens with one attached hydrogen (secondary N) is 4. The number of hydrogen-bond donors (Lipinski definition) is 4. The molecule has 4 N–H and O–H groups in total. The van der Waals surface area contributed by atoms with Gasteiger partial charge in [0.25, 0.3) is 0 Å². The Bertz CT molecular complexity index is 1520. The fraction of sp³-hybridized carbons (Fsp3) is 0.410. The van der Waals surface area contributed by atoms with Crippen LogP contribution in [0.1, 0.15) is 64.2 Å². The lowest BCUT2D eigenvalue weighted by Crippen LogP contribution is -2.57. The molecule has 11 heteroatoms. The van der Waals surface area contributed by atoms with E-state index in [9.17, 15) is 24.0 Å². The normalized spacial score (nSPS) is 13.3. The minimum Gasteiger partial charge on any atom is -0.459 e. The highest BCUT2D eigenvalue weighted by atomic mass is 16.5. The van der Waals surface area contributed by atoms with Crippen molar-refractivity contribution in [3.63, 3.8) is 0 Å². The summed E-state index contributed by atoms with van der Waals surface area (Å²) in [6, 6.07) is 23.5. The van der Waals surface area contributed by atoms with Gasteiger partial charge in [0.1, 0.15) is 37.4 Å². The van der Waals surface area contributed by atoms with Gasteiger partial charge >= 0.3 is 12.1 Å². The molecule has 3 aromatic rings. The minimum absolute atomic E-state index is 0.00126. The number of hydrogen-bond acceptors (Lipinski definition) is 7. The van der Waals surface area contributed by atoms with Crippen LogP contribution in [0.25, 0.3) is 0 Å². The van der Waals surface area contributed by atoms with Crippen molar-refractivity contribution >= 4 is 29.8 Å². The average molecular weight is 687 g/mol. The van der Waals surface area contributed by atoms with Gasteiger partial charge in [0.2, 0.25) is 17.7 Å². The molecule has 3 rings (SSSR count). The topological polar surface area (TPSA) is 152 Å². The molecule has 50 heavy (non-hydrogen) atoms. The average Bonchev–Trinajstić information content (AvgIpc) is 3.09. The molecular formula is C39H50N4O7. The van der Waals surface area contributed by atoms with Gasteiger partial charge in [0.15, 0.2) is 0 Å². The molecule has 0 saturated carbocycles. The maximum Gasteiger partial charge on any atom is 0.408 e. The number of esters is 1. The Morgan fingerprint density at radius 1 is 0.500 bits per heavy atom. The molecule has 0 fully saturated rings. The van der Waals surface area contributed by atoms with Crippen molar-refractivity contribution in [3.8, 4) is 0 Å². The highest BCUT2D eigenvalue weighted by molar-refractivity contribution is 5.94. The molecule has 0 aromatic heterocycles. The maximum atomic E-state index is 13.7. The molecule has 268 valence electrons. The number of carbonyl (C=O) groups excluding carboxylic acids is 5. The molecule has 4 amide bonds. The number of rotatable bonds is 18. The summed E-state index contributed by atoms with van der Waals surface area (Å²) in [7, 11) is 0. The molecule has 0 heterocycles. The molecule has 4 atom stereocenters. The van der Waals surface area contributed by atoms with Crippen molar-refractivity contribution in [2.24, 2.45) is 11.8 Å². The van der Waals surface area contributed by atoms with E-state index in [2.05, 4.69) is 21.3 Å². The Kier molecular flexibility index (Phi) is 16.0. The lowest BCUT2D eigenvalue weighted by Gasteiger charge is -2.26. The van der Waals surface area contributed by atoms with Crippen molar-refractivity contribution in [2.75, 3.05) is 0 Å². The summed E-state index contributed by atoms with van der Waals surface area (Å²) in [6.07, 6.45) is -0.0160. The van der Waals surface area contributed by atoms with Gasteiger partial charge in [-0.15, -0.1) is 0 Å². The van der Waals surface area contributed by atoms with E-state index < -0.39 is 54.0 Å². The Hall–Kier alpha value is -5.19. The van der Waals surface area contributed by atoms with Crippen molar-refractivity contribution in [3.05, 3.63) is 108 Å². The van der Waals surface area contributed by atoms with Crippen LogP contribution in [0.15, 0.2) is 91.0 Å². The molecule has 0 bridgehead atoms. The summed E-state index contributed by atoms with van der Waals surface area (Å²) in [5.41, 5.74) is 2.40. The summed E-state index contributed by atoms with van der Waals surface area (Å²) in [6.45, 7) is 9.26. The predicted molar refractivity (Wildman–Crippen MR) is 190 cm³/mol. The third-order valence-electron chi connectivity index (χ3n) is 7.73. The number of amides is 4. The highest BCUT2D eigenvalue weighted by Crippen LogP contribution is 2.11. The van der Waals surface area contributed by atoms with Crippen molar-refractivity contribution in [1.82, 2.24) is 21.3 Å². The van der Waals surface area contributed by atoms with Gasteiger partial charge in [-0.05, 0) is 48.3 Å². The molecule has 0 spiro atoms. The van der Waals surface area contributed by atoms with Crippen LogP contribution in [0.3, 0.4) is 0 Å². The van der Waals surface area contributed by atoms with Crippen molar-refractivity contribution in [2.45, 2.75) is 91.3 Å². The summed E-state index contributed by atoms with van der Waals surface area (Å²) < 4.78 is 10.8. The molecule has 0 saturated heterocycles. The third-order valence-corrected chi connectivity index (χ3v) is 7.73. The van der Waals surface area contributed by atoms with Crippen LogP contribution >= 0.6 is 0 Å². The molecule has 11 nitrogen and oxygen atoms in total. The fourth-order valence-corrected chi connectivity index (χ4v) is 5.13. The van der Waals surface area contributed by atoms with Crippen LogP contribution in [0.2, 0.25) is 0 Å². The Morgan fingerprint density at radius 2 is 0.940 bits per heavy atom. The van der Waals surface area contributed by atoms with E-state index in [0.717, 1.165) is 16.7 Å². The first-order valence-corrected chi connectivity index (χ1v) is 17.0. The Labute approximate surface area is 294 Å². The quantitative estimate of drug-likeness (QED) is 0.140. The second-order valence-electron chi connectivity index (χ2n) is 13.2. The van der Waals surface area contributed by atoms with E-state index in [0.29, 0.717) is 6.42 Å². The highest BCUT2D eigenvalue weighted by Gasteiger charge is 2.31. The van der Waals surface area contributed by atoms with Crippen LogP contribution in [-0.2, 0) is 48.3 Å². The van der Waals surface area contributed by atoms with Gasteiger partial charge in [-0.25, -0.2) is 9.59 Å². The largest absolute Gasteiger partial charge is 0.459 e. The third kappa shape index (κ3) is 14.1. The van der Waals surface area contributed by atoms with Gasteiger partial charge in [-0.1, -0.05) is 119 Å². The number of carbonyl (C=O) groups is 5. The van der Waals surface area contributed by atoms with Crippen LogP contribution in [-0.4, -0.2) is 54.0 Å². The van der Waals surface area contributed by atoms with Gasteiger partial charge in [-0.3, -0.25) is 14.4 Å². The zero-order valence-corrected chi connectivity index (χ0v) is 29.5. The zero-order valence-electron chi connectivity index (χ0n) is 29.5. The molecule has 0 aliphatic carbocycles. The molecule has 0 aliphatic rings. The first-order chi connectivity index (χ1) is 23.9. The molecule has 0 radical (unpaired) electrons. The van der Waals surface area contributed by atoms with Gasteiger partial charge < -0.3 is 30.7 Å². The van der Waals surface area contributed by atoms with Crippen LogP contribution in [0.5, 0.6) is 0 Å². The van der Waals surface area contributed by atoms with Crippen LogP contribution in [0, 0.1) is 11.8 Å². The number of benzene rings is 3. The number of ether oxygens (including phenoxy) is 2. The van der Waals surface area contributed by atoms with Crippen LogP contribution < -0.4 is 21.3 Å². The summed E-state index contributed by atoms with van der Waals surface area (Å²) in [5, 5.41) is 10.8. The molecule has 0 aliphatic heterocycles. The molecular weight excluding hydrogens is 636 g/mol. The van der Waals surface area contributed by atoms with E-state index in [-0.39, 0.29) is 37.9 Å². The lowest BCUT2D eigenvalue weighted by atomic mass is 10.0. The standard InChI is InChI=1S/C39H50N4O7/c1-26(2)21-32(36(45)40-28(5)35(44)42-34(22-27(3)4)38(47)49-24-30-17-11-7-12-18-30)41-37(46)33(23-29-15-9-6-10-16-29)43-39(48)50-25-31-19-13-8-14-20-31/h6-20,26-28,32-34H,21-25H2,1-5H3,(H,40,45)(H,41,46)(H,42,44)(H,43,48)/t28-,32-,33-,34-/m0/s1. The Morgan fingerprint density at radius 3 is 1.46 bits per heavy atom. The first kappa shape index (κ1) is 39.3. The summed E-state index contributed by atoms with van der Waals surface area (Å²) in [4.78, 5) is 66.2. The molecule has 3 aromatic carbocycles. The smallest absolute Gasteiger partial charge is 0.408 e. The SMILES string of the molecule is CC(C)C[C@H](NC(=O)[C@H](Cc1ccccc1)NC(=O)OCc1ccccc1)C(=O)N[C@@H](C)C(=O)N[C@@H](CC(C)C)C(=O)OCc1ccccc1. The second kappa shape index (κ2) is 20.4. The van der Waals surface area contributed by atoms with E-state index in [1.165, 1.54) is 6.92 Å². The monoisotopic (exact) mass is 686 g/mol. The zero-order chi connectivity index (χ0) is 36.5. The number of alkyl carbamates (subject to hydrolysis) is 1.